The molecule has 0 amide bonds. The van der Waals surface area contributed by atoms with Crippen LogP contribution >= 0.6 is 0 Å². The molecule has 0 bridgehead atoms. The van der Waals surface area contributed by atoms with Crippen molar-refractivity contribution in [1.82, 2.24) is 9.88 Å². The van der Waals surface area contributed by atoms with Gasteiger partial charge in [-0.25, -0.2) is 4.39 Å². The van der Waals surface area contributed by atoms with Crippen molar-refractivity contribution in [3.05, 3.63) is 29.8 Å². The summed E-state index contributed by atoms with van der Waals surface area (Å²) >= 11 is 0. The first-order chi connectivity index (χ1) is 8.53. The largest absolute Gasteiger partial charge is 0.379 e. The first-order valence-corrected chi connectivity index (χ1v) is 6.21. The number of hydrogen-bond acceptors (Lipinski definition) is 4. The Balaban J connectivity index is 2.20. The normalized spacial score (nSPS) is 19.8. The molecule has 0 saturated carbocycles. The van der Waals surface area contributed by atoms with Crippen LogP contribution in [-0.2, 0) is 4.74 Å². The van der Waals surface area contributed by atoms with Gasteiger partial charge in [-0.2, -0.15) is 0 Å². The molecule has 1 fully saturated rings. The molecule has 2 N–H and O–H groups in total. The predicted molar refractivity (Wildman–Crippen MR) is 67.6 cm³/mol. The maximum Gasteiger partial charge on any atom is 0.146 e. The van der Waals surface area contributed by atoms with Crippen molar-refractivity contribution >= 4 is 0 Å². The Morgan fingerprint density at radius 1 is 1.44 bits per heavy atom. The second-order valence-electron chi connectivity index (χ2n) is 5.13. The molecule has 4 nitrogen and oxygen atoms in total. The van der Waals surface area contributed by atoms with Gasteiger partial charge in [-0.3, -0.25) is 9.88 Å². The number of aromatic nitrogens is 1. The fourth-order valence-electron chi connectivity index (χ4n) is 2.36. The minimum absolute atomic E-state index is 0.314. The first-order valence-electron chi connectivity index (χ1n) is 6.21. The lowest BCUT2D eigenvalue weighted by Crippen LogP contribution is -2.55. The quantitative estimate of drug-likeness (QED) is 0.883. The number of hydrogen-bond donors (Lipinski definition) is 1. The fourth-order valence-corrected chi connectivity index (χ4v) is 2.36. The number of nitrogens with two attached hydrogens (primary N) is 1. The van der Waals surface area contributed by atoms with E-state index in [4.69, 9.17) is 10.5 Å². The number of morpholine rings is 1. The van der Waals surface area contributed by atoms with Crippen LogP contribution in [0.2, 0.25) is 0 Å². The number of pyridine rings is 1. The number of nitrogens with zero attached hydrogens (tertiary/aromatic N) is 2. The minimum Gasteiger partial charge on any atom is -0.379 e. The highest BCUT2D eigenvalue weighted by Gasteiger charge is 2.36. The third-order valence-electron chi connectivity index (χ3n) is 3.73. The molecule has 18 heavy (non-hydrogen) atoms. The summed E-state index contributed by atoms with van der Waals surface area (Å²) in [5.41, 5.74) is 6.46. The summed E-state index contributed by atoms with van der Waals surface area (Å²) in [7, 11) is 0. The van der Waals surface area contributed by atoms with Crippen LogP contribution in [0.15, 0.2) is 18.5 Å². The Hall–Kier alpha value is -1.04. The zero-order chi connectivity index (χ0) is 13.2. The smallest absolute Gasteiger partial charge is 0.146 e. The van der Waals surface area contributed by atoms with E-state index in [-0.39, 0.29) is 11.4 Å². The predicted octanol–water partition coefficient (Wildman–Crippen LogP) is 1.33. The van der Waals surface area contributed by atoms with Gasteiger partial charge in [0, 0.05) is 30.4 Å². The molecule has 0 spiro atoms. The molecule has 2 heterocycles. The Morgan fingerprint density at radius 3 is 2.72 bits per heavy atom. The maximum absolute atomic E-state index is 13.8. The molecule has 1 aliphatic heterocycles. The van der Waals surface area contributed by atoms with Crippen molar-refractivity contribution in [2.75, 3.05) is 26.3 Å². The summed E-state index contributed by atoms with van der Waals surface area (Å²) < 4.78 is 19.1. The van der Waals surface area contributed by atoms with Crippen LogP contribution in [0.5, 0.6) is 0 Å². The van der Waals surface area contributed by atoms with Crippen LogP contribution in [0.1, 0.15) is 25.5 Å². The average Bonchev–Trinajstić information content (AvgIpc) is 2.39. The molecule has 1 unspecified atom stereocenters. The van der Waals surface area contributed by atoms with Gasteiger partial charge >= 0.3 is 0 Å². The Labute approximate surface area is 107 Å². The van der Waals surface area contributed by atoms with Gasteiger partial charge in [0.1, 0.15) is 5.82 Å². The molecular formula is C13H20FN3O. The van der Waals surface area contributed by atoms with E-state index in [1.165, 1.54) is 6.20 Å². The molecular weight excluding hydrogens is 233 g/mol. The highest BCUT2D eigenvalue weighted by atomic mass is 19.1. The second-order valence-corrected chi connectivity index (χ2v) is 5.13. The second kappa shape index (κ2) is 5.30. The van der Waals surface area contributed by atoms with Crippen molar-refractivity contribution in [1.29, 1.82) is 0 Å². The van der Waals surface area contributed by atoms with E-state index >= 15 is 0 Å². The SMILES string of the molecule is CC(C)(C(N)c1ccncc1F)N1CCOCC1. The monoisotopic (exact) mass is 253 g/mol. The van der Waals surface area contributed by atoms with E-state index in [0.29, 0.717) is 18.8 Å². The molecule has 0 radical (unpaired) electrons. The van der Waals surface area contributed by atoms with Crippen LogP contribution in [-0.4, -0.2) is 41.7 Å². The molecule has 0 aliphatic carbocycles. The maximum atomic E-state index is 13.8. The molecule has 1 aromatic rings. The third-order valence-corrected chi connectivity index (χ3v) is 3.73. The van der Waals surface area contributed by atoms with Crippen molar-refractivity contribution in [3.63, 3.8) is 0 Å². The highest BCUT2D eigenvalue weighted by Crippen LogP contribution is 2.30. The first kappa shape index (κ1) is 13.4. The summed E-state index contributed by atoms with van der Waals surface area (Å²) in [6, 6.07) is 1.26. The number of rotatable bonds is 3. The molecule has 0 aromatic carbocycles. The van der Waals surface area contributed by atoms with Crippen LogP contribution < -0.4 is 5.73 Å². The lowest BCUT2D eigenvalue weighted by atomic mass is 9.87. The summed E-state index contributed by atoms with van der Waals surface area (Å²) in [6.07, 6.45) is 2.79. The molecule has 2 rings (SSSR count). The molecule has 100 valence electrons. The van der Waals surface area contributed by atoms with E-state index in [9.17, 15) is 4.39 Å². The minimum atomic E-state index is -0.390. The van der Waals surface area contributed by atoms with Gasteiger partial charge in [-0.1, -0.05) is 0 Å². The van der Waals surface area contributed by atoms with Gasteiger partial charge in [0.15, 0.2) is 0 Å². The van der Waals surface area contributed by atoms with Crippen LogP contribution in [0.25, 0.3) is 0 Å². The van der Waals surface area contributed by atoms with Gasteiger partial charge < -0.3 is 10.5 Å². The molecule has 1 atom stereocenters. The van der Waals surface area contributed by atoms with E-state index in [1.807, 2.05) is 13.8 Å². The van der Waals surface area contributed by atoms with Crippen molar-refractivity contribution in [2.45, 2.75) is 25.4 Å². The summed E-state index contributed by atoms with van der Waals surface area (Å²) in [4.78, 5) is 6.01. The zero-order valence-corrected chi connectivity index (χ0v) is 10.9. The average molecular weight is 253 g/mol. The van der Waals surface area contributed by atoms with E-state index in [1.54, 1.807) is 12.3 Å². The third kappa shape index (κ3) is 2.53. The van der Waals surface area contributed by atoms with Crippen molar-refractivity contribution in [2.24, 2.45) is 5.73 Å². The van der Waals surface area contributed by atoms with Crippen LogP contribution in [0.4, 0.5) is 4.39 Å². The van der Waals surface area contributed by atoms with E-state index < -0.39 is 6.04 Å². The number of ether oxygens (including phenoxy) is 1. The summed E-state index contributed by atoms with van der Waals surface area (Å²) in [6.45, 7) is 7.15. The molecule has 1 aromatic heterocycles. The topological polar surface area (TPSA) is 51.4 Å². The summed E-state index contributed by atoms with van der Waals surface area (Å²) in [5, 5.41) is 0. The van der Waals surface area contributed by atoms with Gasteiger partial charge in [-0.05, 0) is 19.9 Å². The van der Waals surface area contributed by atoms with Gasteiger partial charge in [0.05, 0.1) is 25.5 Å². The van der Waals surface area contributed by atoms with E-state index in [2.05, 4.69) is 9.88 Å². The Kier molecular flexibility index (Phi) is 3.94. The Morgan fingerprint density at radius 2 is 2.11 bits per heavy atom. The van der Waals surface area contributed by atoms with Crippen LogP contribution in [0, 0.1) is 5.82 Å². The van der Waals surface area contributed by atoms with Crippen molar-refractivity contribution < 1.29 is 9.13 Å². The van der Waals surface area contributed by atoms with Crippen LogP contribution in [0.3, 0.4) is 0 Å². The zero-order valence-electron chi connectivity index (χ0n) is 10.9. The van der Waals surface area contributed by atoms with Crippen molar-refractivity contribution in [3.8, 4) is 0 Å². The lowest BCUT2D eigenvalue weighted by molar-refractivity contribution is -0.0194. The van der Waals surface area contributed by atoms with Gasteiger partial charge in [0.25, 0.3) is 0 Å². The highest BCUT2D eigenvalue weighted by molar-refractivity contribution is 5.21. The van der Waals surface area contributed by atoms with E-state index in [0.717, 1.165) is 13.1 Å². The lowest BCUT2D eigenvalue weighted by Gasteiger charge is -2.44. The van der Waals surface area contributed by atoms with Gasteiger partial charge in [0.2, 0.25) is 0 Å². The Bertz CT molecular complexity index is 405. The molecule has 5 heteroatoms. The standard InChI is InChI=1S/C13H20FN3O/c1-13(2,17-5-7-18-8-6-17)12(15)10-3-4-16-9-11(10)14/h3-4,9,12H,5-8,15H2,1-2H3. The molecule has 1 aliphatic rings. The van der Waals surface area contributed by atoms with Gasteiger partial charge in [-0.15, -0.1) is 0 Å². The molecule has 1 saturated heterocycles. The summed E-state index contributed by atoms with van der Waals surface area (Å²) in [5.74, 6) is -0.341. The number of halogens is 1. The fraction of sp³-hybridized carbons (Fsp3) is 0.615.